The van der Waals surface area contributed by atoms with E-state index >= 15 is 0 Å². The monoisotopic (exact) mass is 251 g/mol. The van der Waals surface area contributed by atoms with Gasteiger partial charge in [-0.2, -0.15) is 13.2 Å². The van der Waals surface area contributed by atoms with Crippen molar-refractivity contribution >= 4 is 0 Å². The van der Waals surface area contributed by atoms with Crippen LogP contribution in [0.25, 0.3) is 0 Å². The van der Waals surface area contributed by atoms with Crippen molar-refractivity contribution in [1.29, 1.82) is 0 Å². The Balaban J connectivity index is 2.13. The molecule has 2 aromatic rings. The van der Waals surface area contributed by atoms with Crippen LogP contribution in [0.1, 0.15) is 11.1 Å². The molecule has 0 atom stereocenters. The van der Waals surface area contributed by atoms with E-state index in [0.717, 1.165) is 17.7 Å². The van der Waals surface area contributed by atoms with Crippen LogP contribution in [0.2, 0.25) is 0 Å². The Bertz CT molecular complexity index is 512. The Morgan fingerprint density at radius 1 is 0.778 bits per heavy atom. The van der Waals surface area contributed by atoms with Crippen LogP contribution in [0.5, 0.6) is 11.5 Å². The summed E-state index contributed by atoms with van der Waals surface area (Å²) in [6, 6.07) is 11.5. The van der Waals surface area contributed by atoms with Gasteiger partial charge in [-0.1, -0.05) is 12.1 Å². The predicted octanol–water partition coefficient (Wildman–Crippen LogP) is 4.68. The number of alkyl halides is 3. The van der Waals surface area contributed by atoms with Gasteiger partial charge in [0.2, 0.25) is 0 Å². The van der Waals surface area contributed by atoms with E-state index in [1.54, 1.807) is 24.3 Å². The molecule has 0 aliphatic heterocycles. The average Bonchev–Trinajstić information content (AvgIpc) is 2.32. The van der Waals surface area contributed by atoms with E-state index in [9.17, 15) is 13.2 Å². The lowest BCUT2D eigenvalue weighted by Gasteiger charge is -2.09. The van der Waals surface area contributed by atoms with Crippen molar-refractivity contribution in [3.05, 3.63) is 66.6 Å². The third-order valence-electron chi connectivity index (χ3n) is 2.34. The number of ether oxygens (including phenoxy) is 1. The molecule has 0 spiro atoms. The number of hydrogen-bond acceptors (Lipinski definition) is 1. The standard InChI is InChI=1S/C14H10F3O/c1-10-2-6-12(7-3-10)18-13-8-4-11(5-9-13)14(15,16)17/h2-9H,1H2. The van der Waals surface area contributed by atoms with Gasteiger partial charge in [0.05, 0.1) is 5.56 Å². The molecule has 0 saturated carbocycles. The summed E-state index contributed by atoms with van der Waals surface area (Å²) in [7, 11) is 0. The van der Waals surface area contributed by atoms with Gasteiger partial charge in [0.1, 0.15) is 11.5 Å². The summed E-state index contributed by atoms with van der Waals surface area (Å²) in [4.78, 5) is 0. The maximum Gasteiger partial charge on any atom is 0.416 e. The minimum absolute atomic E-state index is 0.361. The lowest BCUT2D eigenvalue weighted by molar-refractivity contribution is -0.137. The molecule has 4 heteroatoms. The first-order valence-electron chi connectivity index (χ1n) is 5.22. The highest BCUT2D eigenvalue weighted by molar-refractivity contribution is 5.35. The Kier molecular flexibility index (Phi) is 3.28. The first-order valence-corrected chi connectivity index (χ1v) is 5.22. The van der Waals surface area contributed by atoms with Gasteiger partial charge < -0.3 is 4.74 Å². The SMILES string of the molecule is [CH2]c1ccc(Oc2ccc(C(F)(F)F)cc2)cc1. The Morgan fingerprint density at radius 2 is 1.22 bits per heavy atom. The first-order chi connectivity index (χ1) is 8.45. The fraction of sp³-hybridized carbons (Fsp3) is 0.0714. The highest BCUT2D eigenvalue weighted by atomic mass is 19.4. The van der Waals surface area contributed by atoms with Gasteiger partial charge in [0.25, 0.3) is 0 Å². The molecule has 2 aromatic carbocycles. The smallest absolute Gasteiger partial charge is 0.416 e. The van der Waals surface area contributed by atoms with E-state index in [2.05, 4.69) is 6.92 Å². The van der Waals surface area contributed by atoms with Crippen LogP contribution in [0, 0.1) is 6.92 Å². The van der Waals surface area contributed by atoms with Gasteiger partial charge in [-0.25, -0.2) is 0 Å². The molecule has 0 aromatic heterocycles. The zero-order chi connectivity index (χ0) is 13.2. The second-order valence-electron chi connectivity index (χ2n) is 3.77. The van der Waals surface area contributed by atoms with E-state index in [0.29, 0.717) is 11.5 Å². The molecule has 0 aliphatic rings. The van der Waals surface area contributed by atoms with Crippen LogP contribution in [0.4, 0.5) is 13.2 Å². The molecule has 0 unspecified atom stereocenters. The number of benzene rings is 2. The Labute approximate surface area is 103 Å². The third kappa shape index (κ3) is 3.03. The number of hydrogen-bond donors (Lipinski definition) is 0. The summed E-state index contributed by atoms with van der Waals surface area (Å²) in [6.07, 6.45) is -4.33. The van der Waals surface area contributed by atoms with Crippen molar-refractivity contribution in [3.8, 4) is 11.5 Å². The molecular weight excluding hydrogens is 241 g/mol. The van der Waals surface area contributed by atoms with Gasteiger partial charge in [0, 0.05) is 0 Å². The van der Waals surface area contributed by atoms with Gasteiger partial charge in [-0.3, -0.25) is 0 Å². The van der Waals surface area contributed by atoms with Crippen LogP contribution in [-0.4, -0.2) is 0 Å². The molecule has 0 heterocycles. The molecule has 93 valence electrons. The summed E-state index contributed by atoms with van der Waals surface area (Å²) in [6.45, 7) is 3.73. The first kappa shape index (κ1) is 12.5. The molecule has 1 radical (unpaired) electrons. The summed E-state index contributed by atoms with van der Waals surface area (Å²) in [5, 5.41) is 0. The van der Waals surface area contributed by atoms with Crippen LogP contribution in [-0.2, 0) is 6.18 Å². The number of halogens is 3. The number of rotatable bonds is 2. The summed E-state index contributed by atoms with van der Waals surface area (Å²) < 4.78 is 42.4. The molecule has 0 amide bonds. The molecule has 2 rings (SSSR count). The van der Waals surface area contributed by atoms with E-state index in [4.69, 9.17) is 4.74 Å². The lowest BCUT2D eigenvalue weighted by Crippen LogP contribution is -2.03. The van der Waals surface area contributed by atoms with Crippen molar-refractivity contribution in [2.45, 2.75) is 6.18 Å². The molecule has 0 fully saturated rings. The van der Waals surface area contributed by atoms with Crippen molar-refractivity contribution in [3.63, 3.8) is 0 Å². The van der Waals surface area contributed by atoms with E-state index in [-0.39, 0.29) is 0 Å². The van der Waals surface area contributed by atoms with Crippen LogP contribution >= 0.6 is 0 Å². The van der Waals surface area contributed by atoms with Crippen molar-refractivity contribution < 1.29 is 17.9 Å². The molecular formula is C14H10F3O. The minimum atomic E-state index is -4.33. The summed E-state index contributed by atoms with van der Waals surface area (Å²) in [5.74, 6) is 0.918. The van der Waals surface area contributed by atoms with Gasteiger partial charge >= 0.3 is 6.18 Å². The zero-order valence-electron chi connectivity index (χ0n) is 9.37. The van der Waals surface area contributed by atoms with Crippen LogP contribution in [0.3, 0.4) is 0 Å². The molecule has 0 aliphatic carbocycles. The van der Waals surface area contributed by atoms with E-state index < -0.39 is 11.7 Å². The predicted molar refractivity (Wildman–Crippen MR) is 62.4 cm³/mol. The summed E-state index contributed by atoms with van der Waals surface area (Å²) in [5.41, 5.74) is 0.151. The van der Waals surface area contributed by atoms with Crippen molar-refractivity contribution in [2.75, 3.05) is 0 Å². The lowest BCUT2D eigenvalue weighted by atomic mass is 10.2. The fourth-order valence-electron chi connectivity index (χ4n) is 1.41. The average molecular weight is 251 g/mol. The normalized spacial score (nSPS) is 11.3. The Morgan fingerprint density at radius 3 is 1.67 bits per heavy atom. The van der Waals surface area contributed by atoms with Crippen LogP contribution < -0.4 is 4.74 Å². The second kappa shape index (κ2) is 4.72. The molecule has 0 saturated heterocycles. The second-order valence-corrected chi connectivity index (χ2v) is 3.77. The quantitative estimate of drug-likeness (QED) is 0.753. The third-order valence-corrected chi connectivity index (χ3v) is 2.34. The maximum atomic E-state index is 12.3. The molecule has 1 nitrogen and oxygen atoms in total. The molecule has 0 bridgehead atoms. The van der Waals surface area contributed by atoms with Crippen molar-refractivity contribution in [1.82, 2.24) is 0 Å². The van der Waals surface area contributed by atoms with Gasteiger partial charge in [0.15, 0.2) is 0 Å². The molecule has 0 N–H and O–H groups in total. The van der Waals surface area contributed by atoms with E-state index in [1.165, 1.54) is 12.1 Å². The maximum absolute atomic E-state index is 12.3. The van der Waals surface area contributed by atoms with Crippen LogP contribution in [0.15, 0.2) is 48.5 Å². The highest BCUT2D eigenvalue weighted by Crippen LogP contribution is 2.31. The largest absolute Gasteiger partial charge is 0.457 e. The van der Waals surface area contributed by atoms with Gasteiger partial charge in [-0.05, 0) is 48.9 Å². The van der Waals surface area contributed by atoms with E-state index in [1.807, 2.05) is 0 Å². The van der Waals surface area contributed by atoms with Crippen molar-refractivity contribution in [2.24, 2.45) is 0 Å². The highest BCUT2D eigenvalue weighted by Gasteiger charge is 2.29. The van der Waals surface area contributed by atoms with Gasteiger partial charge in [-0.15, -0.1) is 0 Å². The summed E-state index contributed by atoms with van der Waals surface area (Å²) >= 11 is 0. The topological polar surface area (TPSA) is 9.23 Å². The molecule has 18 heavy (non-hydrogen) atoms. The fourth-order valence-corrected chi connectivity index (χ4v) is 1.41. The Hall–Kier alpha value is -1.97. The minimum Gasteiger partial charge on any atom is -0.457 e. The zero-order valence-corrected chi connectivity index (χ0v) is 9.37.